The first-order chi connectivity index (χ1) is 12.5. The van der Waals surface area contributed by atoms with Crippen LogP contribution in [0.4, 0.5) is 0 Å². The van der Waals surface area contributed by atoms with E-state index in [1.165, 1.54) is 21.8 Å². The van der Waals surface area contributed by atoms with Gasteiger partial charge in [0.15, 0.2) is 0 Å². The van der Waals surface area contributed by atoms with Crippen molar-refractivity contribution < 1.29 is 4.79 Å². The molecule has 0 amide bonds. The molecule has 0 N–H and O–H groups in total. The van der Waals surface area contributed by atoms with E-state index >= 15 is 0 Å². The Hall–Kier alpha value is -2.81. The van der Waals surface area contributed by atoms with Crippen LogP contribution in [0.5, 0.6) is 0 Å². The van der Waals surface area contributed by atoms with Gasteiger partial charge in [0.05, 0.1) is 0 Å². The summed E-state index contributed by atoms with van der Waals surface area (Å²) in [6.45, 7) is 4.07. The fourth-order valence-electron chi connectivity index (χ4n) is 4.09. The number of aryl methyl sites for hydroxylation is 2. The molecule has 0 aliphatic carbocycles. The summed E-state index contributed by atoms with van der Waals surface area (Å²) >= 11 is 0. The van der Waals surface area contributed by atoms with Crippen molar-refractivity contribution in [3.63, 3.8) is 0 Å². The molecule has 0 fully saturated rings. The van der Waals surface area contributed by atoms with Gasteiger partial charge in [-0.2, -0.15) is 0 Å². The average molecular weight is 344 g/mol. The monoisotopic (exact) mass is 344 g/mol. The number of hydrogen-bond acceptors (Lipinski definition) is 1. The summed E-state index contributed by atoms with van der Waals surface area (Å²) in [5.41, 5.74) is 4.56. The van der Waals surface area contributed by atoms with Gasteiger partial charge in [0.2, 0.25) is 0 Å². The molecule has 0 bridgehead atoms. The third kappa shape index (κ3) is 2.47. The highest BCUT2D eigenvalue weighted by Crippen LogP contribution is 2.33. The standard InChI is InChI=1S/C23H24N2O/c1-15(17-7-5-9-21-19(17)11-13-24(21)3)23(26)16(2)18-8-6-10-22-20(18)12-14-25(22)4/h5-16H,1-4H3. The molecular weight excluding hydrogens is 320 g/mol. The number of carbonyl (C=O) groups is 1. The second-order valence-electron chi connectivity index (χ2n) is 7.26. The van der Waals surface area contributed by atoms with Gasteiger partial charge in [-0.25, -0.2) is 0 Å². The number of benzene rings is 2. The van der Waals surface area contributed by atoms with E-state index in [4.69, 9.17) is 0 Å². The Morgan fingerprint density at radius 1 is 0.731 bits per heavy atom. The summed E-state index contributed by atoms with van der Waals surface area (Å²) in [7, 11) is 4.08. The number of rotatable bonds is 4. The summed E-state index contributed by atoms with van der Waals surface area (Å²) in [6, 6.07) is 16.7. The molecule has 3 nitrogen and oxygen atoms in total. The van der Waals surface area contributed by atoms with Crippen LogP contribution in [0.25, 0.3) is 21.8 Å². The maximum absolute atomic E-state index is 13.3. The summed E-state index contributed by atoms with van der Waals surface area (Å²) in [4.78, 5) is 13.3. The Kier molecular flexibility index (Phi) is 3.95. The molecule has 0 radical (unpaired) electrons. The highest BCUT2D eigenvalue weighted by atomic mass is 16.1. The smallest absolute Gasteiger partial charge is 0.147 e. The van der Waals surface area contributed by atoms with Crippen LogP contribution in [0.3, 0.4) is 0 Å². The molecule has 4 aromatic rings. The first-order valence-corrected chi connectivity index (χ1v) is 9.10. The minimum atomic E-state index is -0.143. The van der Waals surface area contributed by atoms with Crippen LogP contribution in [0, 0.1) is 0 Å². The molecule has 2 aromatic carbocycles. The zero-order chi connectivity index (χ0) is 18.4. The third-order valence-corrected chi connectivity index (χ3v) is 5.71. The lowest BCUT2D eigenvalue weighted by Gasteiger charge is -2.19. The maximum atomic E-state index is 13.3. The van der Waals surface area contributed by atoms with E-state index < -0.39 is 0 Å². The highest BCUT2D eigenvalue weighted by molar-refractivity contribution is 5.98. The topological polar surface area (TPSA) is 26.9 Å². The van der Waals surface area contributed by atoms with Gasteiger partial charge in [0, 0.05) is 60.1 Å². The molecule has 2 heterocycles. The van der Waals surface area contributed by atoms with E-state index in [1.54, 1.807) is 0 Å². The lowest BCUT2D eigenvalue weighted by molar-refractivity contribution is -0.121. The Morgan fingerprint density at radius 2 is 1.15 bits per heavy atom. The maximum Gasteiger partial charge on any atom is 0.147 e. The largest absolute Gasteiger partial charge is 0.351 e. The van der Waals surface area contributed by atoms with E-state index in [1.807, 2.05) is 40.1 Å². The normalized spacial score (nSPS) is 14.0. The first kappa shape index (κ1) is 16.6. The van der Waals surface area contributed by atoms with Crippen molar-refractivity contribution >= 4 is 27.6 Å². The summed E-state index contributed by atoms with van der Waals surface area (Å²) in [5.74, 6) is -0.0251. The third-order valence-electron chi connectivity index (χ3n) is 5.71. The Labute approximate surface area is 153 Å². The van der Waals surface area contributed by atoms with Gasteiger partial charge in [0.1, 0.15) is 5.78 Å². The summed E-state index contributed by atoms with van der Waals surface area (Å²) in [6.07, 6.45) is 4.11. The number of ketones is 1. The van der Waals surface area contributed by atoms with Crippen molar-refractivity contribution in [3.05, 3.63) is 72.1 Å². The molecule has 0 aliphatic rings. The van der Waals surface area contributed by atoms with Gasteiger partial charge in [-0.3, -0.25) is 4.79 Å². The fraction of sp³-hybridized carbons (Fsp3) is 0.261. The van der Waals surface area contributed by atoms with Crippen LogP contribution in [0.15, 0.2) is 60.9 Å². The van der Waals surface area contributed by atoms with E-state index in [-0.39, 0.29) is 17.6 Å². The minimum absolute atomic E-state index is 0.143. The van der Waals surface area contributed by atoms with Crippen LogP contribution >= 0.6 is 0 Å². The van der Waals surface area contributed by atoms with Gasteiger partial charge in [-0.05, 0) is 35.4 Å². The second kappa shape index (κ2) is 6.17. The number of hydrogen-bond donors (Lipinski definition) is 0. The van der Waals surface area contributed by atoms with Crippen molar-refractivity contribution in [3.8, 4) is 0 Å². The molecule has 3 heteroatoms. The van der Waals surface area contributed by atoms with Crippen molar-refractivity contribution in [1.29, 1.82) is 0 Å². The van der Waals surface area contributed by atoms with E-state index in [0.29, 0.717) is 0 Å². The van der Waals surface area contributed by atoms with Crippen molar-refractivity contribution in [1.82, 2.24) is 9.13 Å². The Morgan fingerprint density at radius 3 is 1.58 bits per heavy atom. The lowest BCUT2D eigenvalue weighted by atomic mass is 9.84. The number of aromatic nitrogens is 2. The van der Waals surface area contributed by atoms with Crippen molar-refractivity contribution in [2.24, 2.45) is 14.1 Å². The van der Waals surface area contributed by atoms with Gasteiger partial charge in [-0.1, -0.05) is 38.1 Å². The molecule has 2 unspecified atom stereocenters. The second-order valence-corrected chi connectivity index (χ2v) is 7.26. The minimum Gasteiger partial charge on any atom is -0.351 e. The van der Waals surface area contributed by atoms with E-state index in [2.05, 4.69) is 57.9 Å². The molecule has 2 atom stereocenters. The molecule has 0 saturated carbocycles. The highest BCUT2D eigenvalue weighted by Gasteiger charge is 2.25. The quantitative estimate of drug-likeness (QED) is 0.503. The van der Waals surface area contributed by atoms with Crippen LogP contribution in [0.2, 0.25) is 0 Å². The molecule has 0 spiro atoms. The summed E-state index contributed by atoms with van der Waals surface area (Å²) < 4.78 is 4.20. The fourth-order valence-corrected chi connectivity index (χ4v) is 4.09. The molecule has 132 valence electrons. The number of fused-ring (bicyclic) bond motifs is 2. The number of nitrogens with zero attached hydrogens (tertiary/aromatic N) is 2. The molecule has 2 aromatic heterocycles. The average Bonchev–Trinajstić information content (AvgIpc) is 3.23. The zero-order valence-corrected chi connectivity index (χ0v) is 15.7. The van der Waals surface area contributed by atoms with Gasteiger partial charge < -0.3 is 9.13 Å². The predicted octanol–water partition coefficient (Wildman–Crippen LogP) is 5.15. The van der Waals surface area contributed by atoms with E-state index in [9.17, 15) is 4.79 Å². The molecule has 0 aliphatic heterocycles. The zero-order valence-electron chi connectivity index (χ0n) is 15.7. The lowest BCUT2D eigenvalue weighted by Crippen LogP contribution is -2.17. The Balaban J connectivity index is 1.74. The molecule has 0 saturated heterocycles. The van der Waals surface area contributed by atoms with Crippen molar-refractivity contribution in [2.45, 2.75) is 25.7 Å². The van der Waals surface area contributed by atoms with Crippen LogP contribution in [-0.4, -0.2) is 14.9 Å². The number of carbonyl (C=O) groups excluding carboxylic acids is 1. The molecule has 26 heavy (non-hydrogen) atoms. The van der Waals surface area contributed by atoms with Gasteiger partial charge in [-0.15, -0.1) is 0 Å². The van der Waals surface area contributed by atoms with Crippen molar-refractivity contribution in [2.75, 3.05) is 0 Å². The first-order valence-electron chi connectivity index (χ1n) is 9.10. The van der Waals surface area contributed by atoms with Crippen LogP contribution in [0.1, 0.15) is 36.8 Å². The van der Waals surface area contributed by atoms with Crippen LogP contribution in [-0.2, 0) is 18.9 Å². The summed E-state index contributed by atoms with van der Waals surface area (Å²) in [5, 5.41) is 2.34. The van der Waals surface area contributed by atoms with Crippen LogP contribution < -0.4 is 0 Å². The van der Waals surface area contributed by atoms with Gasteiger partial charge in [0.25, 0.3) is 0 Å². The van der Waals surface area contributed by atoms with E-state index in [0.717, 1.165) is 11.1 Å². The number of Topliss-reactive ketones (excluding diaryl/α,β-unsaturated/α-hetero) is 1. The molecule has 4 rings (SSSR count). The molecular formula is C23H24N2O. The Bertz CT molecular complexity index is 1030. The SMILES string of the molecule is CC(C(=O)C(C)c1cccc2c1ccn2C)c1cccc2c1ccn2C. The van der Waals surface area contributed by atoms with Gasteiger partial charge >= 0.3 is 0 Å². The predicted molar refractivity (Wildman–Crippen MR) is 108 cm³/mol.